The van der Waals surface area contributed by atoms with Crippen LogP contribution in [0.4, 0.5) is 0 Å². The lowest BCUT2D eigenvalue weighted by Gasteiger charge is -2.28. The zero-order chi connectivity index (χ0) is 14.7. The van der Waals surface area contributed by atoms with E-state index in [2.05, 4.69) is 24.4 Å². The number of hydrogen-bond acceptors (Lipinski definition) is 3. The van der Waals surface area contributed by atoms with Crippen LogP contribution in [-0.2, 0) is 6.54 Å². The van der Waals surface area contributed by atoms with Crippen molar-refractivity contribution in [3.8, 4) is 11.5 Å². The molecule has 0 amide bonds. The smallest absolute Gasteiger partial charge is 0.124 e. The van der Waals surface area contributed by atoms with Crippen molar-refractivity contribution >= 4 is 0 Å². The van der Waals surface area contributed by atoms with Gasteiger partial charge < -0.3 is 14.8 Å². The Morgan fingerprint density at radius 3 is 2.76 bits per heavy atom. The highest BCUT2D eigenvalue weighted by Gasteiger charge is 2.23. The quantitative estimate of drug-likeness (QED) is 0.861. The van der Waals surface area contributed by atoms with Gasteiger partial charge in [0.25, 0.3) is 0 Å². The Kier molecular flexibility index (Phi) is 4.69. The lowest BCUT2D eigenvalue weighted by atomic mass is 9.88. The third-order valence-corrected chi connectivity index (χ3v) is 4.61. The number of rotatable bonds is 6. The minimum atomic E-state index is 0.377. The molecule has 3 nitrogen and oxygen atoms in total. The maximum atomic E-state index is 6.31. The molecule has 0 radical (unpaired) electrons. The maximum absolute atomic E-state index is 6.31. The lowest BCUT2D eigenvalue weighted by Crippen LogP contribution is -2.25. The molecule has 0 bridgehead atoms. The molecule has 116 valence electrons. The molecule has 2 aliphatic carbocycles. The molecule has 2 unspecified atom stereocenters. The van der Waals surface area contributed by atoms with E-state index in [1.165, 1.54) is 44.1 Å². The standard InChI is InChI=1S/C18H27NO2/c1-13-4-3-5-17(10-13)21-18-9-8-16(20-2)11-14(18)12-19-15-6-7-15/h8-9,11,13,15,17,19H,3-7,10,12H2,1-2H3. The third-order valence-electron chi connectivity index (χ3n) is 4.61. The molecular formula is C18H27NO2. The lowest BCUT2D eigenvalue weighted by molar-refractivity contribution is 0.128. The summed E-state index contributed by atoms with van der Waals surface area (Å²) in [6, 6.07) is 6.89. The SMILES string of the molecule is COc1ccc(OC2CCCC(C)C2)c(CNC2CC2)c1. The molecular weight excluding hydrogens is 262 g/mol. The van der Waals surface area contributed by atoms with E-state index in [9.17, 15) is 0 Å². The molecule has 3 rings (SSSR count). The van der Waals surface area contributed by atoms with Gasteiger partial charge in [-0.2, -0.15) is 0 Å². The molecule has 0 heterocycles. The summed E-state index contributed by atoms with van der Waals surface area (Å²) in [5.41, 5.74) is 1.22. The van der Waals surface area contributed by atoms with Crippen LogP contribution in [0.2, 0.25) is 0 Å². The summed E-state index contributed by atoms with van der Waals surface area (Å²) < 4.78 is 11.7. The molecule has 0 spiro atoms. The van der Waals surface area contributed by atoms with Crippen LogP contribution in [-0.4, -0.2) is 19.3 Å². The van der Waals surface area contributed by atoms with E-state index < -0.39 is 0 Å². The molecule has 1 aromatic carbocycles. The van der Waals surface area contributed by atoms with Crippen molar-refractivity contribution in [2.24, 2.45) is 5.92 Å². The van der Waals surface area contributed by atoms with E-state index in [1.807, 2.05) is 6.07 Å². The molecule has 0 aliphatic heterocycles. The molecule has 2 saturated carbocycles. The van der Waals surface area contributed by atoms with Crippen LogP contribution in [0.1, 0.15) is 51.0 Å². The monoisotopic (exact) mass is 289 g/mol. The van der Waals surface area contributed by atoms with Gasteiger partial charge in [-0.05, 0) is 56.2 Å². The summed E-state index contributed by atoms with van der Waals surface area (Å²) in [5.74, 6) is 2.73. The van der Waals surface area contributed by atoms with Gasteiger partial charge in [-0.1, -0.05) is 13.3 Å². The van der Waals surface area contributed by atoms with Crippen molar-refractivity contribution in [1.29, 1.82) is 0 Å². The summed E-state index contributed by atoms with van der Waals surface area (Å²) in [4.78, 5) is 0. The minimum Gasteiger partial charge on any atom is -0.497 e. The second kappa shape index (κ2) is 6.69. The Bertz CT molecular complexity index is 470. The Morgan fingerprint density at radius 2 is 2.05 bits per heavy atom. The van der Waals surface area contributed by atoms with Crippen molar-refractivity contribution < 1.29 is 9.47 Å². The number of benzene rings is 1. The number of ether oxygens (including phenoxy) is 2. The molecule has 2 aliphatic rings. The minimum absolute atomic E-state index is 0.377. The summed E-state index contributed by atoms with van der Waals surface area (Å²) in [6.45, 7) is 3.21. The van der Waals surface area contributed by atoms with Gasteiger partial charge in [0.15, 0.2) is 0 Å². The fourth-order valence-corrected chi connectivity index (χ4v) is 3.14. The molecule has 1 aromatic rings. The first-order valence-electron chi connectivity index (χ1n) is 8.31. The molecule has 21 heavy (non-hydrogen) atoms. The first-order chi connectivity index (χ1) is 10.2. The summed E-state index contributed by atoms with van der Waals surface area (Å²) in [5, 5.41) is 3.58. The van der Waals surface area contributed by atoms with Crippen molar-refractivity contribution in [3.63, 3.8) is 0 Å². The average molecular weight is 289 g/mol. The van der Waals surface area contributed by atoms with Crippen LogP contribution in [0.15, 0.2) is 18.2 Å². The van der Waals surface area contributed by atoms with Gasteiger partial charge in [0, 0.05) is 18.2 Å². The van der Waals surface area contributed by atoms with E-state index >= 15 is 0 Å². The fourth-order valence-electron chi connectivity index (χ4n) is 3.14. The summed E-state index contributed by atoms with van der Waals surface area (Å²) >= 11 is 0. The zero-order valence-electron chi connectivity index (χ0n) is 13.2. The van der Waals surface area contributed by atoms with Gasteiger partial charge in [-0.15, -0.1) is 0 Å². The number of methoxy groups -OCH3 is 1. The number of nitrogens with one attached hydrogen (secondary N) is 1. The topological polar surface area (TPSA) is 30.5 Å². The third kappa shape index (κ3) is 4.13. The highest BCUT2D eigenvalue weighted by molar-refractivity contribution is 5.40. The highest BCUT2D eigenvalue weighted by Crippen LogP contribution is 2.31. The zero-order valence-corrected chi connectivity index (χ0v) is 13.2. The largest absolute Gasteiger partial charge is 0.497 e. The van der Waals surface area contributed by atoms with Crippen LogP contribution < -0.4 is 14.8 Å². The van der Waals surface area contributed by atoms with Crippen molar-refractivity contribution in [2.45, 2.75) is 64.1 Å². The molecule has 2 atom stereocenters. The normalized spacial score (nSPS) is 25.6. The van der Waals surface area contributed by atoms with Crippen LogP contribution >= 0.6 is 0 Å². The second-order valence-corrected chi connectivity index (χ2v) is 6.64. The van der Waals surface area contributed by atoms with Gasteiger partial charge in [-0.25, -0.2) is 0 Å². The van der Waals surface area contributed by atoms with E-state index in [4.69, 9.17) is 9.47 Å². The van der Waals surface area contributed by atoms with E-state index in [1.54, 1.807) is 7.11 Å². The van der Waals surface area contributed by atoms with Gasteiger partial charge in [0.2, 0.25) is 0 Å². The van der Waals surface area contributed by atoms with Gasteiger partial charge in [-0.3, -0.25) is 0 Å². The Morgan fingerprint density at radius 1 is 1.19 bits per heavy atom. The van der Waals surface area contributed by atoms with Gasteiger partial charge in [0.05, 0.1) is 13.2 Å². The van der Waals surface area contributed by atoms with E-state index in [0.29, 0.717) is 12.1 Å². The van der Waals surface area contributed by atoms with Crippen molar-refractivity contribution in [2.75, 3.05) is 7.11 Å². The van der Waals surface area contributed by atoms with E-state index in [0.717, 1.165) is 24.0 Å². The average Bonchev–Trinajstić information content (AvgIpc) is 3.30. The maximum Gasteiger partial charge on any atom is 0.124 e. The highest BCUT2D eigenvalue weighted by atomic mass is 16.5. The molecule has 1 N–H and O–H groups in total. The van der Waals surface area contributed by atoms with E-state index in [-0.39, 0.29) is 0 Å². The Hall–Kier alpha value is -1.22. The predicted molar refractivity (Wildman–Crippen MR) is 84.9 cm³/mol. The Labute approximate surface area is 128 Å². The van der Waals surface area contributed by atoms with Crippen LogP contribution in [0.5, 0.6) is 11.5 Å². The second-order valence-electron chi connectivity index (χ2n) is 6.64. The van der Waals surface area contributed by atoms with Crippen molar-refractivity contribution in [1.82, 2.24) is 5.32 Å². The summed E-state index contributed by atoms with van der Waals surface area (Å²) in [6.07, 6.45) is 7.99. The molecule has 2 fully saturated rings. The van der Waals surface area contributed by atoms with Gasteiger partial charge >= 0.3 is 0 Å². The van der Waals surface area contributed by atoms with Crippen LogP contribution in [0.25, 0.3) is 0 Å². The predicted octanol–water partition coefficient (Wildman–Crippen LogP) is 3.90. The van der Waals surface area contributed by atoms with Crippen LogP contribution in [0.3, 0.4) is 0 Å². The Balaban J connectivity index is 1.68. The van der Waals surface area contributed by atoms with Crippen molar-refractivity contribution in [3.05, 3.63) is 23.8 Å². The first kappa shape index (κ1) is 14.7. The molecule has 0 aromatic heterocycles. The fraction of sp³-hybridized carbons (Fsp3) is 0.667. The molecule has 0 saturated heterocycles. The van der Waals surface area contributed by atoms with Gasteiger partial charge in [0.1, 0.15) is 11.5 Å². The first-order valence-corrected chi connectivity index (χ1v) is 8.31. The van der Waals surface area contributed by atoms with Crippen LogP contribution in [0, 0.1) is 5.92 Å². The molecule has 3 heteroatoms. The number of hydrogen-bond donors (Lipinski definition) is 1. The summed E-state index contributed by atoms with van der Waals surface area (Å²) in [7, 11) is 1.72.